The first kappa shape index (κ1) is 15.6. The molecule has 1 atom stereocenters. The Morgan fingerprint density at radius 1 is 1.16 bits per heavy atom. The molecule has 5 heteroatoms. The summed E-state index contributed by atoms with van der Waals surface area (Å²) in [5.41, 5.74) is 2.77. The van der Waals surface area contributed by atoms with Crippen molar-refractivity contribution in [1.29, 1.82) is 0 Å². The summed E-state index contributed by atoms with van der Waals surface area (Å²) >= 11 is 0. The number of carbonyl (C=O) groups is 1. The molecule has 25 heavy (non-hydrogen) atoms. The number of rotatable bonds is 3. The second kappa shape index (κ2) is 6.16. The zero-order valence-electron chi connectivity index (χ0n) is 14.1. The van der Waals surface area contributed by atoms with E-state index in [0.717, 1.165) is 12.1 Å². The molecular formula is C20H19N3O2. The predicted molar refractivity (Wildman–Crippen MR) is 97.7 cm³/mol. The third-order valence-corrected chi connectivity index (χ3v) is 4.77. The number of carbonyl (C=O) groups excluding carboxylic acids is 1. The highest BCUT2D eigenvalue weighted by Gasteiger charge is 2.30. The first-order valence-electron chi connectivity index (χ1n) is 8.49. The van der Waals surface area contributed by atoms with E-state index in [2.05, 4.69) is 18.0 Å². The van der Waals surface area contributed by atoms with Gasteiger partial charge in [0.1, 0.15) is 0 Å². The molecule has 0 saturated carbocycles. The van der Waals surface area contributed by atoms with E-state index in [0.29, 0.717) is 17.4 Å². The van der Waals surface area contributed by atoms with E-state index in [-0.39, 0.29) is 23.9 Å². The van der Waals surface area contributed by atoms with Gasteiger partial charge in [0.2, 0.25) is 5.91 Å². The van der Waals surface area contributed by atoms with E-state index in [1.54, 1.807) is 6.07 Å². The molecule has 2 aromatic carbocycles. The SMILES string of the molecule is C[C@H]1Cc2ccccc2N1C(=O)CCn1cnc2ccccc2c1=O. The van der Waals surface area contributed by atoms with Crippen LogP contribution in [0.2, 0.25) is 0 Å². The Morgan fingerprint density at radius 2 is 1.92 bits per heavy atom. The van der Waals surface area contributed by atoms with E-state index >= 15 is 0 Å². The number of para-hydroxylation sites is 2. The van der Waals surface area contributed by atoms with E-state index in [9.17, 15) is 9.59 Å². The lowest BCUT2D eigenvalue weighted by Crippen LogP contribution is -2.36. The second-order valence-corrected chi connectivity index (χ2v) is 6.46. The summed E-state index contributed by atoms with van der Waals surface area (Å²) in [7, 11) is 0. The van der Waals surface area contributed by atoms with Crippen LogP contribution < -0.4 is 10.5 Å². The highest BCUT2D eigenvalue weighted by Crippen LogP contribution is 2.32. The summed E-state index contributed by atoms with van der Waals surface area (Å²) in [6, 6.07) is 15.4. The number of hydrogen-bond donors (Lipinski definition) is 0. The van der Waals surface area contributed by atoms with Crippen molar-refractivity contribution in [3.8, 4) is 0 Å². The molecule has 0 saturated heterocycles. The normalized spacial score (nSPS) is 16.2. The van der Waals surface area contributed by atoms with Crippen molar-refractivity contribution >= 4 is 22.5 Å². The van der Waals surface area contributed by atoms with Gasteiger partial charge in [0.05, 0.1) is 17.2 Å². The van der Waals surface area contributed by atoms with Gasteiger partial charge in [-0.05, 0) is 37.1 Å². The number of aryl methyl sites for hydroxylation is 1. The summed E-state index contributed by atoms with van der Waals surface area (Å²) in [4.78, 5) is 31.4. The molecule has 126 valence electrons. The van der Waals surface area contributed by atoms with E-state index in [1.807, 2.05) is 41.3 Å². The van der Waals surface area contributed by atoms with Crippen LogP contribution in [0.15, 0.2) is 59.7 Å². The Hall–Kier alpha value is -2.95. The zero-order chi connectivity index (χ0) is 17.4. The van der Waals surface area contributed by atoms with Gasteiger partial charge in [-0.15, -0.1) is 0 Å². The van der Waals surface area contributed by atoms with Gasteiger partial charge >= 0.3 is 0 Å². The molecule has 0 spiro atoms. The maximum absolute atomic E-state index is 12.8. The van der Waals surface area contributed by atoms with Crippen LogP contribution >= 0.6 is 0 Å². The summed E-state index contributed by atoms with van der Waals surface area (Å²) in [5.74, 6) is 0.0394. The average Bonchev–Trinajstić information content (AvgIpc) is 2.97. The van der Waals surface area contributed by atoms with Gasteiger partial charge in [-0.1, -0.05) is 30.3 Å². The van der Waals surface area contributed by atoms with Gasteiger partial charge in [0.15, 0.2) is 0 Å². The predicted octanol–water partition coefficient (Wildman–Crippen LogP) is 2.76. The minimum absolute atomic E-state index is 0.0394. The Morgan fingerprint density at radius 3 is 2.80 bits per heavy atom. The molecule has 4 rings (SSSR count). The van der Waals surface area contributed by atoms with Crippen LogP contribution in [0.25, 0.3) is 10.9 Å². The largest absolute Gasteiger partial charge is 0.309 e. The molecule has 1 aliphatic heterocycles. The molecule has 3 aromatic rings. The van der Waals surface area contributed by atoms with Crippen LogP contribution in [0.1, 0.15) is 18.9 Å². The molecule has 0 fully saturated rings. The van der Waals surface area contributed by atoms with Gasteiger partial charge in [-0.2, -0.15) is 0 Å². The number of nitrogens with zero attached hydrogens (tertiary/aromatic N) is 3. The van der Waals surface area contributed by atoms with Gasteiger partial charge in [-0.25, -0.2) is 4.98 Å². The van der Waals surface area contributed by atoms with Crippen molar-refractivity contribution in [3.63, 3.8) is 0 Å². The Kier molecular flexibility index (Phi) is 3.84. The number of amides is 1. The first-order chi connectivity index (χ1) is 12.1. The fourth-order valence-corrected chi connectivity index (χ4v) is 3.55. The van der Waals surface area contributed by atoms with E-state index in [4.69, 9.17) is 0 Å². The Labute approximate surface area is 145 Å². The molecule has 2 heterocycles. The van der Waals surface area contributed by atoms with E-state index < -0.39 is 0 Å². The Balaban J connectivity index is 1.55. The smallest absolute Gasteiger partial charge is 0.261 e. The topological polar surface area (TPSA) is 55.2 Å². The van der Waals surface area contributed by atoms with Gasteiger partial charge in [0.25, 0.3) is 5.56 Å². The molecule has 5 nitrogen and oxygen atoms in total. The molecule has 0 bridgehead atoms. The van der Waals surface area contributed by atoms with Crippen LogP contribution in [0.5, 0.6) is 0 Å². The Bertz CT molecular complexity index is 1010. The minimum atomic E-state index is -0.103. The van der Waals surface area contributed by atoms with Crippen LogP contribution in [0.4, 0.5) is 5.69 Å². The molecule has 1 aromatic heterocycles. The van der Waals surface area contributed by atoms with Crippen molar-refractivity contribution in [3.05, 3.63) is 70.8 Å². The quantitative estimate of drug-likeness (QED) is 0.740. The van der Waals surface area contributed by atoms with Crippen molar-refractivity contribution in [1.82, 2.24) is 9.55 Å². The monoisotopic (exact) mass is 333 g/mol. The van der Waals surface area contributed by atoms with Gasteiger partial charge < -0.3 is 4.90 Å². The molecule has 0 radical (unpaired) electrons. The highest BCUT2D eigenvalue weighted by atomic mass is 16.2. The van der Waals surface area contributed by atoms with Gasteiger partial charge in [0, 0.05) is 24.7 Å². The fraction of sp³-hybridized carbons (Fsp3) is 0.250. The summed E-state index contributed by atoms with van der Waals surface area (Å²) < 4.78 is 1.52. The number of aromatic nitrogens is 2. The molecule has 0 N–H and O–H groups in total. The minimum Gasteiger partial charge on any atom is -0.309 e. The standard InChI is InChI=1S/C20H19N3O2/c1-14-12-15-6-2-5-9-18(15)23(14)19(24)10-11-22-13-21-17-8-4-3-7-16(17)20(22)25/h2-9,13-14H,10-12H2,1H3/t14-/m0/s1. The van der Waals surface area contributed by atoms with Crippen LogP contribution in [-0.4, -0.2) is 21.5 Å². The van der Waals surface area contributed by atoms with E-state index in [1.165, 1.54) is 16.5 Å². The average molecular weight is 333 g/mol. The fourth-order valence-electron chi connectivity index (χ4n) is 3.55. The number of hydrogen-bond acceptors (Lipinski definition) is 3. The molecule has 0 unspecified atom stereocenters. The molecular weight excluding hydrogens is 314 g/mol. The summed E-state index contributed by atoms with van der Waals surface area (Å²) in [5, 5.41) is 0.581. The van der Waals surface area contributed by atoms with Crippen molar-refractivity contribution in [2.75, 3.05) is 4.90 Å². The highest BCUT2D eigenvalue weighted by molar-refractivity contribution is 5.96. The van der Waals surface area contributed by atoms with Crippen molar-refractivity contribution < 1.29 is 4.79 Å². The lowest BCUT2D eigenvalue weighted by atomic mass is 10.1. The first-order valence-corrected chi connectivity index (χ1v) is 8.49. The molecule has 1 amide bonds. The number of fused-ring (bicyclic) bond motifs is 2. The second-order valence-electron chi connectivity index (χ2n) is 6.46. The maximum Gasteiger partial charge on any atom is 0.261 e. The summed E-state index contributed by atoms with van der Waals surface area (Å²) in [6.07, 6.45) is 2.68. The lowest BCUT2D eigenvalue weighted by Gasteiger charge is -2.23. The summed E-state index contributed by atoms with van der Waals surface area (Å²) in [6.45, 7) is 2.39. The van der Waals surface area contributed by atoms with Crippen LogP contribution in [0, 0.1) is 0 Å². The lowest BCUT2D eigenvalue weighted by molar-refractivity contribution is -0.119. The van der Waals surface area contributed by atoms with Crippen molar-refractivity contribution in [2.24, 2.45) is 0 Å². The number of benzene rings is 2. The maximum atomic E-state index is 12.8. The zero-order valence-corrected chi connectivity index (χ0v) is 14.1. The number of anilines is 1. The molecule has 1 aliphatic rings. The van der Waals surface area contributed by atoms with Crippen molar-refractivity contribution in [2.45, 2.75) is 32.4 Å². The molecule has 0 aliphatic carbocycles. The third-order valence-electron chi connectivity index (χ3n) is 4.77. The third kappa shape index (κ3) is 2.71. The van der Waals surface area contributed by atoms with Crippen LogP contribution in [-0.2, 0) is 17.8 Å². The van der Waals surface area contributed by atoms with Gasteiger partial charge in [-0.3, -0.25) is 14.2 Å². The van der Waals surface area contributed by atoms with Crippen LogP contribution in [0.3, 0.4) is 0 Å².